The Labute approximate surface area is 154 Å². The molecule has 0 amide bonds. The molecule has 0 spiro atoms. The van der Waals surface area contributed by atoms with Gasteiger partial charge in [0.2, 0.25) is 5.69 Å². The molecule has 1 heterocycles. The topological polar surface area (TPSA) is 16.8 Å². The van der Waals surface area contributed by atoms with Gasteiger partial charge in [0.1, 0.15) is 7.05 Å². The number of benzene rings is 3. The minimum atomic E-state index is 1.11. The summed E-state index contributed by atoms with van der Waals surface area (Å²) < 4.78 is 2.11. The fraction of sp³-hybridized carbons (Fsp3) is 0.0833. The molecule has 0 unspecified atom stereocenters. The maximum absolute atomic E-state index is 4.31. The van der Waals surface area contributed by atoms with Crippen LogP contribution in [0.5, 0.6) is 0 Å². The van der Waals surface area contributed by atoms with Gasteiger partial charge < -0.3 is 0 Å². The Morgan fingerprint density at radius 2 is 1.42 bits per heavy atom. The molecule has 3 aromatic carbocycles. The molecule has 0 saturated carbocycles. The van der Waals surface area contributed by atoms with Gasteiger partial charge in [0.05, 0.1) is 18.0 Å². The first kappa shape index (κ1) is 16.2. The SMILES string of the molecule is Cc1ccc(-c2ccccc2-c2ccccc2)cc1-c1cncc[n+]1C. The van der Waals surface area contributed by atoms with Crippen molar-refractivity contribution in [3.05, 3.63) is 97.0 Å². The fourth-order valence-corrected chi connectivity index (χ4v) is 3.35. The summed E-state index contributed by atoms with van der Waals surface area (Å²) in [6, 6.07) is 25.8. The highest BCUT2D eigenvalue weighted by Crippen LogP contribution is 2.34. The lowest BCUT2D eigenvalue weighted by Crippen LogP contribution is -2.30. The molecular formula is C24H21N2+. The van der Waals surface area contributed by atoms with Crippen LogP contribution in [-0.2, 0) is 7.05 Å². The molecule has 4 aromatic rings. The van der Waals surface area contributed by atoms with Crippen molar-refractivity contribution in [2.75, 3.05) is 0 Å². The molecule has 0 aliphatic carbocycles. The van der Waals surface area contributed by atoms with Crippen molar-refractivity contribution in [3.63, 3.8) is 0 Å². The predicted molar refractivity (Wildman–Crippen MR) is 106 cm³/mol. The van der Waals surface area contributed by atoms with Gasteiger partial charge in [-0.2, -0.15) is 4.57 Å². The molecule has 0 radical (unpaired) electrons. The zero-order valence-corrected chi connectivity index (χ0v) is 15.1. The Hall–Kier alpha value is -3.26. The predicted octanol–water partition coefficient (Wildman–Crippen LogP) is 5.22. The summed E-state index contributed by atoms with van der Waals surface area (Å²) in [5.41, 5.74) is 8.51. The van der Waals surface area contributed by atoms with E-state index < -0.39 is 0 Å². The normalized spacial score (nSPS) is 10.7. The van der Waals surface area contributed by atoms with Crippen molar-refractivity contribution < 1.29 is 4.57 Å². The average molecular weight is 337 g/mol. The third kappa shape index (κ3) is 3.02. The number of rotatable bonds is 3. The molecule has 0 bridgehead atoms. The van der Waals surface area contributed by atoms with Crippen LogP contribution in [0.3, 0.4) is 0 Å². The van der Waals surface area contributed by atoms with E-state index in [9.17, 15) is 0 Å². The van der Waals surface area contributed by atoms with Gasteiger partial charge >= 0.3 is 0 Å². The molecule has 1 aromatic heterocycles. The molecule has 0 aliphatic heterocycles. The first-order valence-corrected chi connectivity index (χ1v) is 8.79. The summed E-state index contributed by atoms with van der Waals surface area (Å²) in [6.45, 7) is 2.15. The molecule has 0 saturated heterocycles. The van der Waals surface area contributed by atoms with Crippen molar-refractivity contribution >= 4 is 0 Å². The Bertz CT molecular complexity index is 1050. The molecule has 4 rings (SSSR count). The van der Waals surface area contributed by atoms with Crippen molar-refractivity contribution in [2.24, 2.45) is 7.05 Å². The Morgan fingerprint density at radius 1 is 0.731 bits per heavy atom. The Kier molecular flexibility index (Phi) is 4.32. The fourth-order valence-electron chi connectivity index (χ4n) is 3.35. The summed E-state index contributed by atoms with van der Waals surface area (Å²) in [5.74, 6) is 0. The van der Waals surface area contributed by atoms with Crippen LogP contribution in [0.2, 0.25) is 0 Å². The summed E-state index contributed by atoms with van der Waals surface area (Å²) in [5, 5.41) is 0. The number of aryl methyl sites for hydroxylation is 2. The van der Waals surface area contributed by atoms with E-state index in [-0.39, 0.29) is 0 Å². The summed E-state index contributed by atoms with van der Waals surface area (Å²) in [6.07, 6.45) is 5.72. The van der Waals surface area contributed by atoms with Gasteiger partial charge in [-0.3, -0.25) is 4.98 Å². The van der Waals surface area contributed by atoms with Crippen molar-refractivity contribution in [1.82, 2.24) is 4.98 Å². The molecule has 0 fully saturated rings. The van der Waals surface area contributed by atoms with Gasteiger partial charge in [-0.05, 0) is 40.8 Å². The van der Waals surface area contributed by atoms with E-state index in [0.29, 0.717) is 0 Å². The van der Waals surface area contributed by atoms with Crippen LogP contribution in [0.15, 0.2) is 91.4 Å². The van der Waals surface area contributed by atoms with Gasteiger partial charge in [-0.25, -0.2) is 0 Å². The summed E-state index contributed by atoms with van der Waals surface area (Å²) >= 11 is 0. The van der Waals surface area contributed by atoms with E-state index in [1.165, 1.54) is 33.4 Å². The third-order valence-corrected chi connectivity index (χ3v) is 4.79. The zero-order valence-electron chi connectivity index (χ0n) is 15.1. The van der Waals surface area contributed by atoms with E-state index >= 15 is 0 Å². The van der Waals surface area contributed by atoms with Crippen molar-refractivity contribution in [2.45, 2.75) is 6.92 Å². The average Bonchev–Trinajstić information content (AvgIpc) is 2.70. The van der Waals surface area contributed by atoms with E-state index in [4.69, 9.17) is 0 Å². The van der Waals surface area contributed by atoms with Gasteiger partial charge in [0.25, 0.3) is 0 Å². The number of aromatic nitrogens is 2. The van der Waals surface area contributed by atoms with Crippen molar-refractivity contribution in [1.29, 1.82) is 0 Å². The van der Waals surface area contributed by atoms with Crippen LogP contribution in [0.4, 0.5) is 0 Å². The van der Waals surface area contributed by atoms with Gasteiger partial charge in [-0.15, -0.1) is 0 Å². The maximum atomic E-state index is 4.31. The second kappa shape index (κ2) is 6.93. The van der Waals surface area contributed by atoms with Gasteiger partial charge in [0.15, 0.2) is 6.20 Å². The maximum Gasteiger partial charge on any atom is 0.231 e. The van der Waals surface area contributed by atoms with Crippen LogP contribution in [0.1, 0.15) is 5.56 Å². The summed E-state index contributed by atoms with van der Waals surface area (Å²) in [7, 11) is 2.06. The first-order chi connectivity index (χ1) is 12.7. The van der Waals surface area contributed by atoms with E-state index in [1.807, 2.05) is 18.6 Å². The van der Waals surface area contributed by atoms with Crippen LogP contribution in [0.25, 0.3) is 33.5 Å². The highest BCUT2D eigenvalue weighted by Gasteiger charge is 2.14. The standard InChI is InChI=1S/C24H21N2/c1-18-12-13-20(16-23(18)24-17-25-14-15-26(24)2)22-11-7-6-10-21(22)19-8-4-3-5-9-19/h3-17H,1-2H3/q+1. The van der Waals surface area contributed by atoms with Crippen LogP contribution >= 0.6 is 0 Å². The third-order valence-electron chi connectivity index (χ3n) is 4.79. The zero-order chi connectivity index (χ0) is 17.9. The van der Waals surface area contributed by atoms with E-state index in [0.717, 1.165) is 5.69 Å². The lowest BCUT2D eigenvalue weighted by Gasteiger charge is -2.12. The molecule has 0 aliphatic rings. The first-order valence-electron chi connectivity index (χ1n) is 8.79. The smallest absolute Gasteiger partial charge is 0.231 e. The second-order valence-electron chi connectivity index (χ2n) is 6.51. The second-order valence-corrected chi connectivity index (χ2v) is 6.51. The number of hydrogen-bond donors (Lipinski definition) is 0. The monoisotopic (exact) mass is 337 g/mol. The molecule has 2 nitrogen and oxygen atoms in total. The quantitative estimate of drug-likeness (QED) is 0.469. The highest BCUT2D eigenvalue weighted by molar-refractivity contribution is 5.85. The highest BCUT2D eigenvalue weighted by atomic mass is 14.9. The van der Waals surface area contributed by atoms with Crippen LogP contribution in [0, 0.1) is 6.92 Å². The van der Waals surface area contributed by atoms with Crippen LogP contribution < -0.4 is 4.57 Å². The molecule has 0 atom stereocenters. The van der Waals surface area contributed by atoms with Gasteiger partial charge in [0, 0.05) is 0 Å². The van der Waals surface area contributed by atoms with E-state index in [1.54, 1.807) is 0 Å². The number of hydrogen-bond acceptors (Lipinski definition) is 1. The minimum absolute atomic E-state index is 1.11. The number of nitrogens with zero attached hydrogens (tertiary/aromatic N) is 2. The molecule has 2 heteroatoms. The summed E-state index contributed by atoms with van der Waals surface area (Å²) in [4.78, 5) is 4.31. The molecular weight excluding hydrogens is 316 g/mol. The molecule has 26 heavy (non-hydrogen) atoms. The lowest BCUT2D eigenvalue weighted by molar-refractivity contribution is -0.660. The van der Waals surface area contributed by atoms with Gasteiger partial charge in [-0.1, -0.05) is 66.7 Å². The lowest BCUT2D eigenvalue weighted by atomic mass is 9.92. The molecule has 126 valence electrons. The Balaban J connectivity index is 1.89. The molecule has 0 N–H and O–H groups in total. The Morgan fingerprint density at radius 3 is 2.15 bits per heavy atom. The minimum Gasteiger partial charge on any atom is -0.252 e. The van der Waals surface area contributed by atoms with Crippen molar-refractivity contribution in [3.8, 4) is 33.5 Å². The largest absolute Gasteiger partial charge is 0.252 e. The van der Waals surface area contributed by atoms with Crippen LogP contribution in [-0.4, -0.2) is 4.98 Å². The van der Waals surface area contributed by atoms with E-state index in [2.05, 4.69) is 96.3 Å².